The largest absolute Gasteiger partial charge is 0.475 e. The highest BCUT2D eigenvalue weighted by Gasteiger charge is 2.21. The highest BCUT2D eigenvalue weighted by atomic mass is 19.1. The zero-order valence-electron chi connectivity index (χ0n) is 10.9. The van der Waals surface area contributed by atoms with Crippen LogP contribution in [0.1, 0.15) is 23.5 Å². The number of ether oxygens (including phenoxy) is 1. The fraction of sp³-hybridized carbons (Fsp3) is 0.429. The van der Waals surface area contributed by atoms with E-state index in [9.17, 15) is 14.3 Å². The number of imidazole rings is 1. The third-order valence-corrected chi connectivity index (χ3v) is 3.68. The van der Waals surface area contributed by atoms with Gasteiger partial charge in [0.05, 0.1) is 11.0 Å². The normalized spacial score (nSPS) is 16.6. The first-order valence-corrected chi connectivity index (χ1v) is 6.62. The third kappa shape index (κ3) is 2.38. The number of carboxylic acid groups (broad SMARTS) is 1. The molecule has 1 aliphatic heterocycles. The summed E-state index contributed by atoms with van der Waals surface area (Å²) >= 11 is 0. The smallest absolute Gasteiger partial charge is 0.372 e. The molecule has 1 aliphatic rings. The summed E-state index contributed by atoms with van der Waals surface area (Å²) in [5.41, 5.74) is 1.05. The number of hydrogen-bond donors (Lipinski definition) is 1. The second kappa shape index (κ2) is 5.20. The standard InChI is InChI=1S/C14H15FN2O3/c15-10-1-2-12-11(7-10)16-13(14(18)19)17(12)8-9-3-5-20-6-4-9/h1-2,7,9H,3-6,8H2,(H,18,19). The van der Waals surface area contributed by atoms with E-state index < -0.39 is 11.8 Å². The number of carboxylic acids is 1. The van der Waals surface area contributed by atoms with Crippen LogP contribution >= 0.6 is 0 Å². The van der Waals surface area contributed by atoms with E-state index in [0.717, 1.165) is 12.8 Å². The van der Waals surface area contributed by atoms with Crippen LogP contribution in [0.25, 0.3) is 11.0 Å². The highest BCUT2D eigenvalue weighted by molar-refractivity contribution is 5.89. The summed E-state index contributed by atoms with van der Waals surface area (Å²) in [5.74, 6) is -1.17. The predicted molar refractivity (Wildman–Crippen MR) is 70.2 cm³/mol. The number of aromatic nitrogens is 2. The van der Waals surface area contributed by atoms with Crippen molar-refractivity contribution in [2.24, 2.45) is 5.92 Å². The Hall–Kier alpha value is -1.95. The molecule has 0 unspecified atom stereocenters. The number of halogens is 1. The van der Waals surface area contributed by atoms with Gasteiger partial charge in [0.1, 0.15) is 5.82 Å². The lowest BCUT2D eigenvalue weighted by Crippen LogP contribution is -2.22. The van der Waals surface area contributed by atoms with Crippen molar-refractivity contribution in [3.8, 4) is 0 Å². The minimum absolute atomic E-state index is 0.0305. The van der Waals surface area contributed by atoms with Gasteiger partial charge >= 0.3 is 5.97 Å². The first-order valence-electron chi connectivity index (χ1n) is 6.62. The zero-order chi connectivity index (χ0) is 14.1. The van der Waals surface area contributed by atoms with Crippen molar-refractivity contribution in [2.45, 2.75) is 19.4 Å². The highest BCUT2D eigenvalue weighted by Crippen LogP contribution is 2.23. The van der Waals surface area contributed by atoms with Crippen molar-refractivity contribution >= 4 is 17.0 Å². The molecule has 0 aliphatic carbocycles. The molecule has 2 aromatic rings. The second-order valence-corrected chi connectivity index (χ2v) is 5.04. The number of rotatable bonds is 3. The van der Waals surface area contributed by atoms with Crippen LogP contribution in [0.4, 0.5) is 4.39 Å². The quantitative estimate of drug-likeness (QED) is 0.935. The van der Waals surface area contributed by atoms with Gasteiger partial charge in [0.15, 0.2) is 0 Å². The van der Waals surface area contributed by atoms with E-state index in [1.807, 2.05) is 0 Å². The Morgan fingerprint density at radius 3 is 2.90 bits per heavy atom. The topological polar surface area (TPSA) is 64.3 Å². The number of nitrogens with zero attached hydrogens (tertiary/aromatic N) is 2. The van der Waals surface area contributed by atoms with Crippen molar-refractivity contribution in [2.75, 3.05) is 13.2 Å². The molecule has 1 saturated heterocycles. The van der Waals surface area contributed by atoms with Crippen molar-refractivity contribution < 1.29 is 19.0 Å². The van der Waals surface area contributed by atoms with Crippen LogP contribution in [0.3, 0.4) is 0 Å². The Kier molecular flexibility index (Phi) is 3.40. The molecule has 106 valence electrons. The van der Waals surface area contributed by atoms with E-state index in [0.29, 0.717) is 36.7 Å². The van der Waals surface area contributed by atoms with E-state index in [1.165, 1.54) is 12.1 Å². The lowest BCUT2D eigenvalue weighted by atomic mass is 10.0. The Morgan fingerprint density at radius 1 is 1.45 bits per heavy atom. The molecule has 5 nitrogen and oxygen atoms in total. The second-order valence-electron chi connectivity index (χ2n) is 5.04. The molecule has 0 amide bonds. The summed E-state index contributed by atoms with van der Waals surface area (Å²) in [6.45, 7) is 1.98. The van der Waals surface area contributed by atoms with Crippen LogP contribution in [-0.4, -0.2) is 33.8 Å². The maximum absolute atomic E-state index is 13.2. The summed E-state index contributed by atoms with van der Waals surface area (Å²) in [7, 11) is 0. The van der Waals surface area contributed by atoms with Gasteiger partial charge in [-0.2, -0.15) is 0 Å². The average molecular weight is 278 g/mol. The summed E-state index contributed by atoms with van der Waals surface area (Å²) < 4.78 is 20.2. The van der Waals surface area contributed by atoms with E-state index in [4.69, 9.17) is 4.74 Å². The molecule has 0 saturated carbocycles. The minimum Gasteiger partial charge on any atom is -0.475 e. The van der Waals surface area contributed by atoms with Crippen LogP contribution in [0.15, 0.2) is 18.2 Å². The third-order valence-electron chi connectivity index (χ3n) is 3.68. The van der Waals surface area contributed by atoms with Crippen LogP contribution in [0.5, 0.6) is 0 Å². The summed E-state index contributed by atoms with van der Waals surface area (Å²) in [4.78, 5) is 15.3. The van der Waals surface area contributed by atoms with Gasteiger partial charge < -0.3 is 14.4 Å². The van der Waals surface area contributed by atoms with Gasteiger partial charge in [-0.25, -0.2) is 14.2 Å². The van der Waals surface area contributed by atoms with Crippen LogP contribution in [0, 0.1) is 11.7 Å². The Labute approximate surface area is 115 Å². The molecule has 2 heterocycles. The summed E-state index contributed by atoms with van der Waals surface area (Å²) in [5, 5.41) is 9.26. The Balaban J connectivity index is 2.01. The van der Waals surface area contributed by atoms with Crippen molar-refractivity contribution in [3.05, 3.63) is 29.8 Å². The van der Waals surface area contributed by atoms with Gasteiger partial charge in [-0.05, 0) is 30.9 Å². The molecule has 3 rings (SSSR count). The molecule has 0 radical (unpaired) electrons. The van der Waals surface area contributed by atoms with Gasteiger partial charge in [0, 0.05) is 25.8 Å². The zero-order valence-corrected chi connectivity index (χ0v) is 10.9. The van der Waals surface area contributed by atoms with E-state index in [-0.39, 0.29) is 5.82 Å². The van der Waals surface area contributed by atoms with Crippen molar-refractivity contribution in [1.82, 2.24) is 9.55 Å². The molecule has 1 N–H and O–H groups in total. The van der Waals surface area contributed by atoms with Gasteiger partial charge in [0.25, 0.3) is 0 Å². The molecular weight excluding hydrogens is 263 g/mol. The van der Waals surface area contributed by atoms with Gasteiger partial charge in [-0.15, -0.1) is 0 Å². The average Bonchev–Trinajstić information content (AvgIpc) is 2.78. The number of benzene rings is 1. The fourth-order valence-corrected chi connectivity index (χ4v) is 2.64. The van der Waals surface area contributed by atoms with Gasteiger partial charge in [-0.3, -0.25) is 0 Å². The maximum atomic E-state index is 13.2. The molecule has 0 atom stereocenters. The van der Waals surface area contributed by atoms with Gasteiger partial charge in [-0.1, -0.05) is 0 Å². The van der Waals surface area contributed by atoms with Crippen molar-refractivity contribution in [1.29, 1.82) is 0 Å². The molecule has 20 heavy (non-hydrogen) atoms. The van der Waals surface area contributed by atoms with E-state index in [1.54, 1.807) is 10.6 Å². The van der Waals surface area contributed by atoms with E-state index in [2.05, 4.69) is 4.98 Å². The molecule has 6 heteroatoms. The van der Waals surface area contributed by atoms with Gasteiger partial charge in [0.2, 0.25) is 5.82 Å². The molecule has 0 bridgehead atoms. The molecule has 1 aromatic carbocycles. The fourth-order valence-electron chi connectivity index (χ4n) is 2.64. The Morgan fingerprint density at radius 2 is 2.20 bits per heavy atom. The van der Waals surface area contributed by atoms with Crippen LogP contribution < -0.4 is 0 Å². The number of fused-ring (bicyclic) bond motifs is 1. The predicted octanol–water partition coefficient (Wildman–Crippen LogP) is 2.30. The molecule has 1 fully saturated rings. The maximum Gasteiger partial charge on any atom is 0.372 e. The Bertz CT molecular complexity index is 647. The molecule has 1 aromatic heterocycles. The molecular formula is C14H15FN2O3. The molecule has 0 spiro atoms. The lowest BCUT2D eigenvalue weighted by Gasteiger charge is -2.23. The lowest BCUT2D eigenvalue weighted by molar-refractivity contribution is 0.0594. The summed E-state index contributed by atoms with van der Waals surface area (Å²) in [6.07, 6.45) is 1.81. The number of aromatic carboxylic acids is 1. The first-order chi connectivity index (χ1) is 9.65. The SMILES string of the molecule is O=C(O)c1nc2cc(F)ccc2n1CC1CCOCC1. The monoisotopic (exact) mass is 278 g/mol. The van der Waals surface area contributed by atoms with Crippen molar-refractivity contribution in [3.63, 3.8) is 0 Å². The summed E-state index contributed by atoms with van der Waals surface area (Å²) in [6, 6.07) is 4.18. The first kappa shape index (κ1) is 13.1. The van der Waals surface area contributed by atoms with Crippen LogP contribution in [-0.2, 0) is 11.3 Å². The minimum atomic E-state index is -1.09. The number of carbonyl (C=O) groups is 1. The number of hydrogen-bond acceptors (Lipinski definition) is 3. The van der Waals surface area contributed by atoms with E-state index >= 15 is 0 Å². The van der Waals surface area contributed by atoms with Crippen LogP contribution in [0.2, 0.25) is 0 Å².